The summed E-state index contributed by atoms with van der Waals surface area (Å²) in [5.74, 6) is 0.964. The quantitative estimate of drug-likeness (QED) is 0.847. The Morgan fingerprint density at radius 1 is 1.05 bits per heavy atom. The average molecular weight is 255 g/mol. The SMILES string of the molecule is COc1cc(C)c(Cc2cccc(N)c2)c(C)c1C. The van der Waals surface area contributed by atoms with E-state index in [0.717, 1.165) is 17.9 Å². The molecule has 19 heavy (non-hydrogen) atoms. The van der Waals surface area contributed by atoms with Crippen LogP contribution < -0.4 is 10.5 Å². The maximum absolute atomic E-state index is 5.84. The van der Waals surface area contributed by atoms with E-state index in [1.807, 2.05) is 18.2 Å². The number of nitrogen functional groups attached to an aromatic ring is 1. The molecule has 0 radical (unpaired) electrons. The number of methoxy groups -OCH3 is 1. The fraction of sp³-hybridized carbons (Fsp3) is 0.294. The van der Waals surface area contributed by atoms with Crippen LogP contribution in [0.5, 0.6) is 5.75 Å². The van der Waals surface area contributed by atoms with Crippen molar-refractivity contribution in [3.63, 3.8) is 0 Å². The molecule has 2 N–H and O–H groups in total. The number of hydrogen-bond acceptors (Lipinski definition) is 2. The minimum atomic E-state index is 0.818. The standard InChI is InChI=1S/C17H21NO/c1-11-8-17(19-4)13(3)12(2)16(11)10-14-6-5-7-15(18)9-14/h5-9H,10,18H2,1-4H3. The van der Waals surface area contributed by atoms with E-state index in [4.69, 9.17) is 10.5 Å². The molecule has 0 saturated heterocycles. The molecular formula is C17H21NO. The summed E-state index contributed by atoms with van der Waals surface area (Å²) in [7, 11) is 1.72. The van der Waals surface area contributed by atoms with Crippen molar-refractivity contribution in [2.24, 2.45) is 0 Å². The lowest BCUT2D eigenvalue weighted by atomic mass is 9.92. The average Bonchev–Trinajstić information content (AvgIpc) is 2.39. The number of benzene rings is 2. The van der Waals surface area contributed by atoms with Crippen LogP contribution in [-0.2, 0) is 6.42 Å². The highest BCUT2D eigenvalue weighted by Crippen LogP contribution is 2.29. The van der Waals surface area contributed by atoms with Crippen LogP contribution in [0.25, 0.3) is 0 Å². The Labute approximate surface area is 115 Å². The van der Waals surface area contributed by atoms with Gasteiger partial charge in [0.2, 0.25) is 0 Å². The highest BCUT2D eigenvalue weighted by Gasteiger charge is 2.11. The second-order valence-electron chi connectivity index (χ2n) is 5.05. The molecule has 0 amide bonds. The molecule has 0 aromatic heterocycles. The highest BCUT2D eigenvalue weighted by atomic mass is 16.5. The fourth-order valence-electron chi connectivity index (χ4n) is 2.49. The number of aryl methyl sites for hydroxylation is 1. The van der Waals surface area contributed by atoms with Gasteiger partial charge in [0.15, 0.2) is 0 Å². The maximum Gasteiger partial charge on any atom is 0.122 e. The summed E-state index contributed by atoms with van der Waals surface area (Å²) in [6.07, 6.45) is 0.910. The highest BCUT2D eigenvalue weighted by molar-refractivity contribution is 5.50. The zero-order valence-corrected chi connectivity index (χ0v) is 12.1. The summed E-state index contributed by atoms with van der Waals surface area (Å²) in [6, 6.07) is 10.2. The van der Waals surface area contributed by atoms with E-state index in [1.54, 1.807) is 7.11 Å². The van der Waals surface area contributed by atoms with E-state index in [9.17, 15) is 0 Å². The molecule has 0 atom stereocenters. The second kappa shape index (κ2) is 5.35. The predicted molar refractivity (Wildman–Crippen MR) is 80.9 cm³/mol. The number of rotatable bonds is 3. The molecule has 0 aliphatic heterocycles. The Morgan fingerprint density at radius 2 is 1.79 bits per heavy atom. The smallest absolute Gasteiger partial charge is 0.122 e. The zero-order valence-electron chi connectivity index (χ0n) is 12.1. The number of anilines is 1. The number of hydrogen-bond donors (Lipinski definition) is 1. The van der Waals surface area contributed by atoms with Gasteiger partial charge in [0.05, 0.1) is 7.11 Å². The van der Waals surface area contributed by atoms with E-state index in [2.05, 4.69) is 32.9 Å². The van der Waals surface area contributed by atoms with Crippen LogP contribution in [0.4, 0.5) is 5.69 Å². The monoisotopic (exact) mass is 255 g/mol. The zero-order chi connectivity index (χ0) is 14.0. The molecular weight excluding hydrogens is 234 g/mol. The predicted octanol–water partition coefficient (Wildman–Crippen LogP) is 3.79. The minimum Gasteiger partial charge on any atom is -0.496 e. The third-order valence-electron chi connectivity index (χ3n) is 3.76. The van der Waals surface area contributed by atoms with Gasteiger partial charge >= 0.3 is 0 Å². The number of ether oxygens (including phenoxy) is 1. The van der Waals surface area contributed by atoms with Gasteiger partial charge in [-0.2, -0.15) is 0 Å². The van der Waals surface area contributed by atoms with Gasteiger partial charge in [-0.15, -0.1) is 0 Å². The van der Waals surface area contributed by atoms with Crippen LogP contribution in [-0.4, -0.2) is 7.11 Å². The lowest BCUT2D eigenvalue weighted by Crippen LogP contribution is -2.01. The lowest BCUT2D eigenvalue weighted by molar-refractivity contribution is 0.410. The van der Waals surface area contributed by atoms with Crippen molar-refractivity contribution in [1.82, 2.24) is 0 Å². The fourth-order valence-corrected chi connectivity index (χ4v) is 2.49. The molecule has 0 fully saturated rings. The molecule has 2 aromatic carbocycles. The third-order valence-corrected chi connectivity index (χ3v) is 3.76. The van der Waals surface area contributed by atoms with Crippen molar-refractivity contribution in [3.8, 4) is 5.75 Å². The van der Waals surface area contributed by atoms with Gasteiger partial charge in [-0.1, -0.05) is 12.1 Å². The van der Waals surface area contributed by atoms with E-state index in [0.29, 0.717) is 0 Å². The Kier molecular flexibility index (Phi) is 3.79. The maximum atomic E-state index is 5.84. The molecule has 2 heteroatoms. The summed E-state index contributed by atoms with van der Waals surface area (Å²) < 4.78 is 5.41. The molecule has 2 aromatic rings. The Bertz CT molecular complexity index is 602. The Morgan fingerprint density at radius 3 is 2.42 bits per heavy atom. The molecule has 100 valence electrons. The normalized spacial score (nSPS) is 10.5. The summed E-state index contributed by atoms with van der Waals surface area (Å²) >= 11 is 0. The first-order chi connectivity index (χ1) is 9.02. The third kappa shape index (κ3) is 2.73. The van der Waals surface area contributed by atoms with Crippen molar-refractivity contribution in [2.45, 2.75) is 27.2 Å². The summed E-state index contributed by atoms with van der Waals surface area (Å²) in [5.41, 5.74) is 13.1. The molecule has 0 bridgehead atoms. The molecule has 2 rings (SSSR count). The van der Waals surface area contributed by atoms with Gasteiger partial charge in [-0.25, -0.2) is 0 Å². The molecule has 0 aliphatic carbocycles. The van der Waals surface area contributed by atoms with Gasteiger partial charge < -0.3 is 10.5 Å². The first kappa shape index (κ1) is 13.5. The van der Waals surface area contributed by atoms with Crippen molar-refractivity contribution in [2.75, 3.05) is 12.8 Å². The molecule has 0 aliphatic rings. The van der Waals surface area contributed by atoms with Gasteiger partial charge in [-0.3, -0.25) is 0 Å². The number of nitrogens with two attached hydrogens (primary N) is 1. The Balaban J connectivity index is 2.43. The van der Waals surface area contributed by atoms with Crippen LogP contribution in [0.2, 0.25) is 0 Å². The summed E-state index contributed by atoms with van der Waals surface area (Å²) in [5, 5.41) is 0. The molecule has 0 saturated carbocycles. The van der Waals surface area contributed by atoms with Gasteiger partial charge in [0.1, 0.15) is 5.75 Å². The lowest BCUT2D eigenvalue weighted by Gasteiger charge is -2.16. The first-order valence-corrected chi connectivity index (χ1v) is 6.51. The van der Waals surface area contributed by atoms with Crippen LogP contribution >= 0.6 is 0 Å². The van der Waals surface area contributed by atoms with E-state index in [1.165, 1.54) is 27.8 Å². The van der Waals surface area contributed by atoms with Gasteiger partial charge in [0, 0.05) is 5.69 Å². The van der Waals surface area contributed by atoms with Crippen LogP contribution in [0, 0.1) is 20.8 Å². The van der Waals surface area contributed by atoms with E-state index >= 15 is 0 Å². The summed E-state index contributed by atoms with van der Waals surface area (Å²) in [4.78, 5) is 0. The van der Waals surface area contributed by atoms with Crippen molar-refractivity contribution < 1.29 is 4.74 Å². The van der Waals surface area contributed by atoms with E-state index in [-0.39, 0.29) is 0 Å². The van der Waals surface area contributed by atoms with Gasteiger partial charge in [0.25, 0.3) is 0 Å². The second-order valence-corrected chi connectivity index (χ2v) is 5.05. The summed E-state index contributed by atoms with van der Waals surface area (Å²) in [6.45, 7) is 6.40. The largest absolute Gasteiger partial charge is 0.496 e. The molecule has 0 heterocycles. The van der Waals surface area contributed by atoms with Gasteiger partial charge in [-0.05, 0) is 73.2 Å². The van der Waals surface area contributed by atoms with Crippen molar-refractivity contribution in [3.05, 3.63) is 58.1 Å². The topological polar surface area (TPSA) is 35.2 Å². The molecule has 2 nitrogen and oxygen atoms in total. The van der Waals surface area contributed by atoms with Crippen molar-refractivity contribution >= 4 is 5.69 Å². The van der Waals surface area contributed by atoms with Crippen molar-refractivity contribution in [1.29, 1.82) is 0 Å². The van der Waals surface area contributed by atoms with Crippen LogP contribution in [0.3, 0.4) is 0 Å². The molecule has 0 spiro atoms. The Hall–Kier alpha value is -1.96. The molecule has 0 unspecified atom stereocenters. The minimum absolute atomic E-state index is 0.818. The first-order valence-electron chi connectivity index (χ1n) is 6.51. The van der Waals surface area contributed by atoms with Crippen LogP contribution in [0.15, 0.2) is 30.3 Å². The van der Waals surface area contributed by atoms with Crippen LogP contribution in [0.1, 0.15) is 27.8 Å². The van der Waals surface area contributed by atoms with E-state index < -0.39 is 0 Å².